The highest BCUT2D eigenvalue weighted by atomic mass is 16.1. The van der Waals surface area contributed by atoms with Gasteiger partial charge in [0, 0.05) is 25.7 Å². The summed E-state index contributed by atoms with van der Waals surface area (Å²) < 4.78 is 1.75. The number of hydrogen-bond acceptors (Lipinski definition) is 4. The molecule has 0 spiro atoms. The summed E-state index contributed by atoms with van der Waals surface area (Å²) in [4.78, 5) is 20.6. The van der Waals surface area contributed by atoms with Crippen molar-refractivity contribution in [1.82, 2.24) is 25.0 Å². The van der Waals surface area contributed by atoms with Gasteiger partial charge in [0.15, 0.2) is 5.65 Å². The third-order valence-corrected chi connectivity index (χ3v) is 5.95. The van der Waals surface area contributed by atoms with Crippen LogP contribution in [0.2, 0.25) is 0 Å². The average molecular weight is 412 g/mol. The Balaban J connectivity index is 1.59. The summed E-state index contributed by atoms with van der Waals surface area (Å²) in [7, 11) is 3.95. The molecule has 4 aromatic rings. The number of likely N-dealkylation sites (N-methyl/N-ethyl adjacent to an activating group) is 1. The van der Waals surface area contributed by atoms with Gasteiger partial charge in [-0.05, 0) is 31.2 Å². The number of aryl methyl sites for hydroxylation is 2. The van der Waals surface area contributed by atoms with Gasteiger partial charge in [-0.15, -0.1) is 0 Å². The fraction of sp³-hybridized carbons (Fsp3) is 0.240. The highest BCUT2D eigenvalue weighted by Crippen LogP contribution is 2.29. The molecule has 1 atom stereocenters. The molecule has 0 aliphatic carbocycles. The topological polar surface area (TPSA) is 63.1 Å². The largest absolute Gasteiger partial charge is 0.344 e. The van der Waals surface area contributed by atoms with Crippen LogP contribution in [-0.2, 0) is 13.6 Å². The van der Waals surface area contributed by atoms with Gasteiger partial charge in [0.1, 0.15) is 0 Å². The van der Waals surface area contributed by atoms with E-state index in [1.807, 2.05) is 56.4 Å². The predicted molar refractivity (Wildman–Crippen MR) is 122 cm³/mol. The van der Waals surface area contributed by atoms with Gasteiger partial charge < -0.3 is 5.32 Å². The Morgan fingerprint density at radius 1 is 1.06 bits per heavy atom. The van der Waals surface area contributed by atoms with Crippen LogP contribution in [0.1, 0.15) is 33.2 Å². The van der Waals surface area contributed by atoms with Crippen molar-refractivity contribution in [2.24, 2.45) is 7.05 Å². The summed E-state index contributed by atoms with van der Waals surface area (Å²) in [6.45, 7) is 3.59. The number of carbonyl (C=O) groups excluding carboxylic acids is 1. The second-order valence-electron chi connectivity index (χ2n) is 8.25. The molecule has 5 rings (SSSR count). The van der Waals surface area contributed by atoms with Crippen LogP contribution in [0.5, 0.6) is 0 Å². The monoisotopic (exact) mass is 411 g/mol. The quantitative estimate of drug-likeness (QED) is 0.556. The van der Waals surface area contributed by atoms with Crippen LogP contribution < -0.4 is 5.32 Å². The molecule has 6 nitrogen and oxygen atoms in total. The van der Waals surface area contributed by atoms with Crippen molar-refractivity contribution < 1.29 is 4.79 Å². The van der Waals surface area contributed by atoms with Crippen molar-refractivity contribution in [3.63, 3.8) is 0 Å². The highest BCUT2D eigenvalue weighted by Gasteiger charge is 2.26. The van der Waals surface area contributed by atoms with E-state index >= 15 is 0 Å². The molecular formula is C25H25N5O. The summed E-state index contributed by atoms with van der Waals surface area (Å²) in [6, 6.07) is 20.1. The van der Waals surface area contributed by atoms with E-state index in [1.165, 1.54) is 11.1 Å². The van der Waals surface area contributed by atoms with Crippen molar-refractivity contribution in [3.8, 4) is 11.3 Å². The number of nitrogens with zero attached hydrogens (tertiary/aromatic N) is 4. The Kier molecular flexibility index (Phi) is 4.79. The van der Waals surface area contributed by atoms with Crippen molar-refractivity contribution in [2.75, 3.05) is 13.6 Å². The van der Waals surface area contributed by atoms with E-state index in [-0.39, 0.29) is 11.9 Å². The third kappa shape index (κ3) is 3.49. The molecule has 1 unspecified atom stereocenters. The number of fused-ring (bicyclic) bond motifs is 2. The number of hydrogen-bond donors (Lipinski definition) is 1. The Labute approximate surface area is 181 Å². The zero-order valence-corrected chi connectivity index (χ0v) is 18.0. The second-order valence-corrected chi connectivity index (χ2v) is 8.25. The molecule has 0 saturated carbocycles. The van der Waals surface area contributed by atoms with E-state index in [2.05, 4.69) is 40.6 Å². The first kappa shape index (κ1) is 19.5. The van der Waals surface area contributed by atoms with Crippen LogP contribution in [0.15, 0.2) is 60.7 Å². The lowest BCUT2D eigenvalue weighted by Crippen LogP contribution is -2.40. The fourth-order valence-corrected chi connectivity index (χ4v) is 4.52. The number of pyridine rings is 1. The molecule has 3 heterocycles. The first-order chi connectivity index (χ1) is 15.0. The number of nitrogens with one attached hydrogen (secondary N) is 1. The summed E-state index contributed by atoms with van der Waals surface area (Å²) in [5, 5.41) is 8.62. The van der Waals surface area contributed by atoms with Crippen LogP contribution in [0, 0.1) is 6.92 Å². The summed E-state index contributed by atoms with van der Waals surface area (Å²) in [5.41, 5.74) is 6.30. The van der Waals surface area contributed by atoms with Gasteiger partial charge in [-0.2, -0.15) is 5.10 Å². The molecule has 156 valence electrons. The minimum Gasteiger partial charge on any atom is -0.344 e. The molecule has 2 aromatic carbocycles. The maximum Gasteiger partial charge on any atom is 0.252 e. The van der Waals surface area contributed by atoms with Crippen molar-refractivity contribution >= 4 is 16.9 Å². The summed E-state index contributed by atoms with van der Waals surface area (Å²) in [6.07, 6.45) is 0. The van der Waals surface area contributed by atoms with Gasteiger partial charge in [-0.1, -0.05) is 54.6 Å². The van der Waals surface area contributed by atoms with Gasteiger partial charge in [0.05, 0.1) is 28.4 Å². The molecular weight excluding hydrogens is 386 g/mol. The highest BCUT2D eigenvalue weighted by molar-refractivity contribution is 6.07. The average Bonchev–Trinajstić information content (AvgIpc) is 3.07. The fourth-order valence-electron chi connectivity index (χ4n) is 4.52. The number of aromatic nitrogens is 3. The Hall–Kier alpha value is -3.51. The first-order valence-corrected chi connectivity index (χ1v) is 10.5. The van der Waals surface area contributed by atoms with E-state index in [0.717, 1.165) is 35.4 Å². The zero-order chi connectivity index (χ0) is 21.5. The molecule has 1 aliphatic rings. The molecule has 6 heteroatoms. The number of carbonyl (C=O) groups is 1. The molecule has 1 aliphatic heterocycles. The van der Waals surface area contributed by atoms with Gasteiger partial charge in [0.25, 0.3) is 5.91 Å². The van der Waals surface area contributed by atoms with E-state index < -0.39 is 0 Å². The van der Waals surface area contributed by atoms with E-state index in [0.29, 0.717) is 11.2 Å². The van der Waals surface area contributed by atoms with Crippen molar-refractivity contribution in [1.29, 1.82) is 0 Å². The number of amides is 1. The van der Waals surface area contributed by atoms with Gasteiger partial charge in [-0.25, -0.2) is 4.98 Å². The van der Waals surface area contributed by atoms with Crippen LogP contribution >= 0.6 is 0 Å². The maximum atomic E-state index is 13.6. The molecule has 0 saturated heterocycles. The smallest absolute Gasteiger partial charge is 0.252 e. The Morgan fingerprint density at radius 2 is 1.81 bits per heavy atom. The van der Waals surface area contributed by atoms with Crippen molar-refractivity contribution in [2.45, 2.75) is 19.5 Å². The molecule has 1 amide bonds. The lowest BCUT2D eigenvalue weighted by molar-refractivity contribution is 0.0923. The molecule has 1 N–H and O–H groups in total. The van der Waals surface area contributed by atoms with E-state index in [1.54, 1.807) is 4.68 Å². The minimum absolute atomic E-state index is 0.0668. The first-order valence-electron chi connectivity index (χ1n) is 10.5. The van der Waals surface area contributed by atoms with E-state index in [9.17, 15) is 4.79 Å². The minimum atomic E-state index is -0.101. The molecule has 0 radical (unpaired) electrons. The van der Waals surface area contributed by atoms with Crippen molar-refractivity contribution in [3.05, 3.63) is 83.0 Å². The predicted octanol–water partition coefficient (Wildman–Crippen LogP) is 3.86. The standard InChI is InChI=1S/C25H25N5O/c1-16-23-20(13-21(17-9-5-4-6-10-17)26-24(23)30(3)28-16)25(31)27-22-15-29(2)14-18-11-7-8-12-19(18)22/h4-13,22H,14-15H2,1-3H3,(H,27,31). The molecule has 0 fully saturated rings. The third-order valence-electron chi connectivity index (χ3n) is 5.95. The summed E-state index contributed by atoms with van der Waals surface area (Å²) >= 11 is 0. The zero-order valence-electron chi connectivity index (χ0n) is 18.0. The Morgan fingerprint density at radius 3 is 2.61 bits per heavy atom. The van der Waals surface area contributed by atoms with Crippen LogP contribution in [-0.4, -0.2) is 39.2 Å². The van der Waals surface area contributed by atoms with Crippen LogP contribution in [0.3, 0.4) is 0 Å². The van der Waals surface area contributed by atoms with Gasteiger partial charge in [0.2, 0.25) is 0 Å². The van der Waals surface area contributed by atoms with Gasteiger partial charge >= 0.3 is 0 Å². The van der Waals surface area contributed by atoms with Crippen LogP contribution in [0.25, 0.3) is 22.3 Å². The number of benzene rings is 2. The normalized spacial score (nSPS) is 16.3. The SMILES string of the molecule is Cc1nn(C)c2nc(-c3ccccc3)cc(C(=O)NC3CN(C)Cc4ccccc43)c12. The van der Waals surface area contributed by atoms with Gasteiger partial charge in [-0.3, -0.25) is 14.4 Å². The lowest BCUT2D eigenvalue weighted by atomic mass is 9.95. The molecule has 0 bridgehead atoms. The van der Waals surface area contributed by atoms with Crippen LogP contribution in [0.4, 0.5) is 0 Å². The van der Waals surface area contributed by atoms with E-state index in [4.69, 9.17) is 4.98 Å². The Bertz CT molecular complexity index is 1280. The number of rotatable bonds is 3. The molecule has 2 aromatic heterocycles. The summed E-state index contributed by atoms with van der Waals surface area (Å²) in [5.74, 6) is -0.101. The maximum absolute atomic E-state index is 13.6. The second kappa shape index (κ2) is 7.63. The lowest BCUT2D eigenvalue weighted by Gasteiger charge is -2.32. The molecule has 31 heavy (non-hydrogen) atoms.